The van der Waals surface area contributed by atoms with Crippen LogP contribution in [-0.2, 0) is 10.0 Å². The van der Waals surface area contributed by atoms with Gasteiger partial charge in [0.15, 0.2) is 0 Å². The minimum Gasteiger partial charge on any atom is -0.335 e. The first-order valence-electron chi connectivity index (χ1n) is 7.48. The highest BCUT2D eigenvalue weighted by molar-refractivity contribution is 7.92. The lowest BCUT2D eigenvalue weighted by Crippen LogP contribution is -2.39. The molecule has 0 unspecified atom stereocenters. The van der Waals surface area contributed by atoms with Crippen LogP contribution in [0, 0.1) is 0 Å². The lowest BCUT2D eigenvalue weighted by molar-refractivity contribution is 0.244. The molecule has 0 atom stereocenters. The van der Waals surface area contributed by atoms with Gasteiger partial charge in [0.1, 0.15) is 0 Å². The molecule has 0 heterocycles. The fourth-order valence-corrected chi connectivity index (χ4v) is 3.14. The number of hydrogen-bond donors (Lipinski definition) is 2. The van der Waals surface area contributed by atoms with E-state index in [-0.39, 0.29) is 12.1 Å². The summed E-state index contributed by atoms with van der Waals surface area (Å²) in [7, 11) is -1.91. The maximum absolute atomic E-state index is 12.1. The first-order chi connectivity index (χ1) is 10.4. The highest BCUT2D eigenvalue weighted by Gasteiger charge is 2.19. The Morgan fingerprint density at radius 2 is 1.82 bits per heavy atom. The number of hydrogen-bond acceptors (Lipinski definition) is 3. The van der Waals surface area contributed by atoms with E-state index in [2.05, 4.69) is 10.6 Å². The van der Waals surface area contributed by atoms with Crippen molar-refractivity contribution in [1.29, 1.82) is 0 Å². The molecule has 1 aliphatic carbocycles. The van der Waals surface area contributed by atoms with Crippen molar-refractivity contribution in [3.8, 4) is 0 Å². The molecule has 0 saturated heterocycles. The maximum atomic E-state index is 12.1. The van der Waals surface area contributed by atoms with Gasteiger partial charge < -0.3 is 10.6 Å². The van der Waals surface area contributed by atoms with Gasteiger partial charge in [0.25, 0.3) is 0 Å². The van der Waals surface area contributed by atoms with Crippen LogP contribution < -0.4 is 14.9 Å². The van der Waals surface area contributed by atoms with Crippen LogP contribution in [0.4, 0.5) is 16.2 Å². The molecule has 1 aromatic carbocycles. The molecule has 2 rings (SSSR count). The van der Waals surface area contributed by atoms with Gasteiger partial charge in [0.05, 0.1) is 17.6 Å². The summed E-state index contributed by atoms with van der Waals surface area (Å²) in [6.07, 6.45) is 6.63. The van der Waals surface area contributed by atoms with Crippen molar-refractivity contribution in [2.75, 3.05) is 22.9 Å². The molecule has 0 aromatic heterocycles. The SMILES string of the molecule is CN(c1ccccc1NC(=O)NC1CCCCC1)S(C)(=O)=O. The standard InChI is InChI=1S/C15H23N3O3S/c1-18(22(2,20)21)14-11-7-6-10-13(14)17-15(19)16-12-8-4-3-5-9-12/h6-7,10-12H,3-5,8-9H2,1-2H3,(H2,16,17,19). The smallest absolute Gasteiger partial charge is 0.319 e. The molecule has 0 bridgehead atoms. The lowest BCUT2D eigenvalue weighted by Gasteiger charge is -2.24. The Bertz CT molecular complexity index is 625. The van der Waals surface area contributed by atoms with E-state index < -0.39 is 10.0 Å². The van der Waals surface area contributed by atoms with Crippen molar-refractivity contribution in [1.82, 2.24) is 5.32 Å². The summed E-state index contributed by atoms with van der Waals surface area (Å²) < 4.78 is 24.5. The molecule has 2 amide bonds. The largest absolute Gasteiger partial charge is 0.335 e. The zero-order valence-corrected chi connectivity index (χ0v) is 13.8. The van der Waals surface area contributed by atoms with Crippen LogP contribution in [0.2, 0.25) is 0 Å². The zero-order valence-electron chi connectivity index (χ0n) is 13.0. The topological polar surface area (TPSA) is 78.5 Å². The molecule has 1 saturated carbocycles. The molecule has 1 fully saturated rings. The highest BCUT2D eigenvalue weighted by atomic mass is 32.2. The Morgan fingerprint density at radius 1 is 1.18 bits per heavy atom. The predicted molar refractivity (Wildman–Crippen MR) is 88.7 cm³/mol. The number of sulfonamides is 1. The van der Waals surface area contributed by atoms with E-state index in [1.54, 1.807) is 24.3 Å². The summed E-state index contributed by atoms with van der Waals surface area (Å²) in [6.45, 7) is 0. The highest BCUT2D eigenvalue weighted by Crippen LogP contribution is 2.26. The number of benzene rings is 1. The number of rotatable bonds is 4. The molecule has 122 valence electrons. The molecular formula is C15H23N3O3S. The second-order valence-corrected chi connectivity index (χ2v) is 7.69. The summed E-state index contributed by atoms with van der Waals surface area (Å²) in [4.78, 5) is 12.1. The van der Waals surface area contributed by atoms with Gasteiger partial charge >= 0.3 is 6.03 Å². The first-order valence-corrected chi connectivity index (χ1v) is 9.33. The van der Waals surface area contributed by atoms with Crippen LogP contribution in [-0.4, -0.2) is 33.8 Å². The number of carbonyl (C=O) groups excluding carboxylic acids is 1. The van der Waals surface area contributed by atoms with E-state index in [4.69, 9.17) is 0 Å². The Kier molecular flexibility index (Phi) is 5.28. The minimum absolute atomic E-state index is 0.202. The van der Waals surface area contributed by atoms with Crippen LogP contribution >= 0.6 is 0 Å². The molecule has 6 nitrogen and oxygen atoms in total. The number of carbonyl (C=O) groups is 1. The second-order valence-electron chi connectivity index (χ2n) is 5.68. The number of nitrogens with one attached hydrogen (secondary N) is 2. The third-order valence-electron chi connectivity index (χ3n) is 3.93. The van der Waals surface area contributed by atoms with Crippen molar-refractivity contribution in [3.63, 3.8) is 0 Å². The van der Waals surface area contributed by atoms with Gasteiger partial charge in [-0.3, -0.25) is 4.31 Å². The van der Waals surface area contributed by atoms with Crippen LogP contribution in [0.15, 0.2) is 24.3 Å². The number of amides is 2. The van der Waals surface area contributed by atoms with Gasteiger partial charge in [0, 0.05) is 13.1 Å². The first kappa shape index (κ1) is 16.6. The fraction of sp³-hybridized carbons (Fsp3) is 0.533. The van der Waals surface area contributed by atoms with Crippen molar-refractivity contribution >= 4 is 27.4 Å². The van der Waals surface area contributed by atoms with Gasteiger partial charge in [-0.2, -0.15) is 0 Å². The third kappa shape index (κ3) is 4.37. The van der Waals surface area contributed by atoms with E-state index >= 15 is 0 Å². The lowest BCUT2D eigenvalue weighted by atomic mass is 9.96. The molecular weight excluding hydrogens is 302 g/mol. The van der Waals surface area contributed by atoms with Gasteiger partial charge in [-0.15, -0.1) is 0 Å². The molecule has 0 aliphatic heterocycles. The summed E-state index contributed by atoms with van der Waals surface area (Å²) >= 11 is 0. The monoisotopic (exact) mass is 325 g/mol. The Hall–Kier alpha value is -1.76. The average Bonchev–Trinajstić information content (AvgIpc) is 2.47. The Morgan fingerprint density at radius 3 is 2.45 bits per heavy atom. The van der Waals surface area contributed by atoms with Crippen LogP contribution in [0.25, 0.3) is 0 Å². The second kappa shape index (κ2) is 7.00. The molecule has 2 N–H and O–H groups in total. The van der Waals surface area contributed by atoms with Crippen molar-refractivity contribution in [3.05, 3.63) is 24.3 Å². The minimum atomic E-state index is -3.38. The molecule has 0 spiro atoms. The normalized spacial score (nSPS) is 16.1. The average molecular weight is 325 g/mol. The van der Waals surface area contributed by atoms with Crippen molar-refractivity contribution in [2.45, 2.75) is 38.1 Å². The summed E-state index contributed by atoms with van der Waals surface area (Å²) in [5.41, 5.74) is 0.924. The molecule has 1 aromatic rings. The Labute approximate surface area is 131 Å². The van der Waals surface area contributed by atoms with E-state index in [0.29, 0.717) is 11.4 Å². The van der Waals surface area contributed by atoms with E-state index in [1.807, 2.05) is 0 Å². The fourth-order valence-electron chi connectivity index (χ4n) is 2.62. The van der Waals surface area contributed by atoms with E-state index in [0.717, 1.165) is 36.2 Å². The number of nitrogens with zero attached hydrogens (tertiary/aromatic N) is 1. The van der Waals surface area contributed by atoms with Crippen molar-refractivity contribution < 1.29 is 13.2 Å². The van der Waals surface area contributed by atoms with Crippen LogP contribution in [0.5, 0.6) is 0 Å². The predicted octanol–water partition coefficient (Wildman–Crippen LogP) is 2.54. The van der Waals surface area contributed by atoms with Crippen LogP contribution in [0.1, 0.15) is 32.1 Å². The van der Waals surface area contributed by atoms with Crippen LogP contribution in [0.3, 0.4) is 0 Å². The van der Waals surface area contributed by atoms with Crippen molar-refractivity contribution in [2.24, 2.45) is 0 Å². The summed E-state index contributed by atoms with van der Waals surface area (Å²) in [5, 5.41) is 5.71. The van der Waals surface area contributed by atoms with Gasteiger partial charge in [0.2, 0.25) is 10.0 Å². The zero-order chi connectivity index (χ0) is 16.2. The third-order valence-corrected chi connectivity index (χ3v) is 5.12. The molecule has 1 aliphatic rings. The Balaban J connectivity index is 2.07. The van der Waals surface area contributed by atoms with E-state index in [1.165, 1.54) is 13.5 Å². The molecule has 22 heavy (non-hydrogen) atoms. The summed E-state index contributed by atoms with van der Waals surface area (Å²) in [5.74, 6) is 0. The quantitative estimate of drug-likeness (QED) is 0.893. The summed E-state index contributed by atoms with van der Waals surface area (Å²) in [6, 6.07) is 6.76. The number of para-hydroxylation sites is 2. The van der Waals surface area contributed by atoms with Gasteiger partial charge in [-0.05, 0) is 25.0 Å². The van der Waals surface area contributed by atoms with Gasteiger partial charge in [-0.25, -0.2) is 13.2 Å². The van der Waals surface area contributed by atoms with Gasteiger partial charge in [-0.1, -0.05) is 31.4 Å². The number of urea groups is 1. The maximum Gasteiger partial charge on any atom is 0.319 e. The number of anilines is 2. The molecule has 0 radical (unpaired) electrons. The van der Waals surface area contributed by atoms with E-state index in [9.17, 15) is 13.2 Å². The molecule has 7 heteroatoms.